The van der Waals surface area contributed by atoms with Crippen LogP contribution < -0.4 is 0 Å². The average Bonchev–Trinajstić information content (AvgIpc) is 2.05. The van der Waals surface area contributed by atoms with Crippen LogP contribution >= 0.6 is 12.1 Å². The molecular weight excluding hydrogens is 229 g/mol. The molecule has 0 amide bonds. The van der Waals surface area contributed by atoms with Gasteiger partial charge in [-0.25, -0.2) is 14.4 Å². The Bertz CT molecular complexity index is 263. The molecule has 0 saturated carbocycles. The maximum Gasteiger partial charge on any atom is 0.490 e. The summed E-state index contributed by atoms with van der Waals surface area (Å²) in [6.07, 6.45) is -2.75. The van der Waals surface area contributed by atoms with E-state index in [-0.39, 0.29) is 0 Å². The summed E-state index contributed by atoms with van der Waals surface area (Å²) in [7, 11) is 0. The second kappa shape index (κ2) is 7.99. The number of hydrogen-bond donors (Lipinski definition) is 1. The Morgan fingerprint density at radius 1 is 1.21 bits per heavy atom. The predicted octanol–water partition coefficient (Wildman–Crippen LogP) is 0.855. The van der Waals surface area contributed by atoms with Gasteiger partial charge in [0.25, 0.3) is 0 Å². The van der Waals surface area contributed by atoms with Gasteiger partial charge in [0.05, 0.1) is 0 Å². The summed E-state index contributed by atoms with van der Waals surface area (Å²) in [5.74, 6) is -2.76. The van der Waals surface area contributed by atoms with Crippen molar-refractivity contribution in [3.8, 4) is 0 Å². The maximum absolute atomic E-state index is 10.6. The number of alkyl halides is 3. The largest absolute Gasteiger partial charge is 0.490 e. The lowest BCUT2D eigenvalue weighted by Gasteiger charge is -1.93. The van der Waals surface area contributed by atoms with Crippen molar-refractivity contribution in [3.63, 3.8) is 0 Å². The molecule has 0 aromatic rings. The highest BCUT2D eigenvalue weighted by Gasteiger charge is 2.38. The number of carboxylic acids is 1. The number of carbonyl (C=O) groups excluding carboxylic acids is 2. The zero-order valence-electron chi connectivity index (χ0n) is 6.11. The summed E-state index contributed by atoms with van der Waals surface area (Å²) in [4.78, 5) is 27.3. The van der Waals surface area contributed by atoms with E-state index in [1.165, 1.54) is 12.2 Å². The van der Waals surface area contributed by atoms with Crippen LogP contribution in [0.3, 0.4) is 0 Å². The van der Waals surface area contributed by atoms with Crippen LogP contribution in [0.4, 0.5) is 13.2 Å². The molecular formula is C4HF3N2O4S. The molecule has 78 valence electrons. The number of aliphatic carboxylic acids is 1. The van der Waals surface area contributed by atoms with Crippen LogP contribution in [0, 0.1) is 0 Å². The smallest absolute Gasteiger partial charge is 0.475 e. The Kier molecular flexibility index (Phi) is 8.49. The molecule has 1 N–H and O–H groups in total. The van der Waals surface area contributed by atoms with E-state index in [9.17, 15) is 22.8 Å². The molecule has 0 aromatic heterocycles. The van der Waals surface area contributed by atoms with Crippen molar-refractivity contribution < 1.29 is 32.7 Å². The molecule has 0 saturated heterocycles. The van der Waals surface area contributed by atoms with E-state index >= 15 is 0 Å². The normalized spacial score (nSPS) is 8.50. The van der Waals surface area contributed by atoms with Crippen molar-refractivity contribution in [2.24, 2.45) is 8.80 Å². The number of hydrogen-bond acceptors (Lipinski definition) is 6. The zero-order chi connectivity index (χ0) is 11.6. The molecule has 10 heteroatoms. The van der Waals surface area contributed by atoms with E-state index in [2.05, 4.69) is 8.80 Å². The van der Waals surface area contributed by atoms with Gasteiger partial charge in [-0.1, -0.05) is 0 Å². The number of isocyanates is 2. The first-order chi connectivity index (χ1) is 6.36. The fraction of sp³-hybridized carbons (Fsp3) is 0.250. The van der Waals surface area contributed by atoms with Crippen LogP contribution in [0.25, 0.3) is 0 Å². The monoisotopic (exact) mass is 230 g/mol. The van der Waals surface area contributed by atoms with Crippen molar-refractivity contribution in [1.29, 1.82) is 0 Å². The highest BCUT2D eigenvalue weighted by atomic mass is 32.2. The SMILES string of the molecule is O=C(O)C(F)(F)F.O=C=NSN=C=O. The van der Waals surface area contributed by atoms with Crippen LogP contribution in [0.15, 0.2) is 8.80 Å². The molecule has 0 atom stereocenters. The topological polar surface area (TPSA) is 96.2 Å². The molecule has 0 fully saturated rings. The first-order valence-electron chi connectivity index (χ1n) is 2.47. The quantitative estimate of drug-likeness (QED) is 0.431. The van der Waals surface area contributed by atoms with Gasteiger partial charge in [-0.05, 0) is 0 Å². The molecule has 0 radical (unpaired) electrons. The van der Waals surface area contributed by atoms with Crippen molar-refractivity contribution >= 4 is 30.3 Å². The van der Waals surface area contributed by atoms with Gasteiger partial charge < -0.3 is 5.11 Å². The van der Waals surface area contributed by atoms with Crippen LogP contribution in [0.2, 0.25) is 0 Å². The Balaban J connectivity index is 0. The van der Waals surface area contributed by atoms with Crippen molar-refractivity contribution in [2.75, 3.05) is 0 Å². The molecule has 0 rings (SSSR count). The first-order valence-corrected chi connectivity index (χ1v) is 3.20. The fourth-order valence-electron chi connectivity index (χ4n) is 0.0537. The zero-order valence-corrected chi connectivity index (χ0v) is 6.93. The number of carboxylic acid groups (broad SMARTS) is 1. The lowest BCUT2D eigenvalue weighted by Crippen LogP contribution is -2.21. The van der Waals surface area contributed by atoms with Crippen molar-refractivity contribution in [3.05, 3.63) is 0 Å². The second-order valence-electron chi connectivity index (χ2n) is 1.25. The number of rotatable bonds is 2. The first kappa shape index (κ1) is 14.9. The predicted molar refractivity (Wildman–Crippen MR) is 37.5 cm³/mol. The minimum atomic E-state index is -5.08. The number of nitrogens with zero attached hydrogens (tertiary/aromatic N) is 2. The molecule has 6 nitrogen and oxygen atoms in total. The van der Waals surface area contributed by atoms with E-state index in [1.807, 2.05) is 0 Å². The summed E-state index contributed by atoms with van der Waals surface area (Å²) in [5, 5.41) is 7.12. The van der Waals surface area contributed by atoms with E-state index < -0.39 is 12.1 Å². The van der Waals surface area contributed by atoms with Gasteiger partial charge in [-0.15, -0.1) is 8.80 Å². The van der Waals surface area contributed by atoms with Gasteiger partial charge in [0.15, 0.2) is 0 Å². The van der Waals surface area contributed by atoms with Gasteiger partial charge in [0.1, 0.15) is 12.1 Å². The molecule has 0 aromatic carbocycles. The summed E-state index contributed by atoms with van der Waals surface area (Å²) in [6.45, 7) is 0. The number of halogens is 3. The standard InChI is InChI=1S/C2HF3O2.C2N2O2S/c3-2(4,5)1(6)7;5-1-3-7-4-2-6/h(H,6,7);. The van der Waals surface area contributed by atoms with E-state index in [0.29, 0.717) is 12.1 Å². The lowest BCUT2D eigenvalue weighted by atomic mass is 10.7. The van der Waals surface area contributed by atoms with Crippen LogP contribution in [0.5, 0.6) is 0 Å². The lowest BCUT2D eigenvalue weighted by molar-refractivity contribution is -0.192. The van der Waals surface area contributed by atoms with Gasteiger partial charge in [0.2, 0.25) is 12.2 Å². The van der Waals surface area contributed by atoms with Crippen LogP contribution in [-0.2, 0) is 14.4 Å². The Labute approximate surface area is 78.8 Å². The Hall–Kier alpha value is -1.63. The molecule has 0 aliphatic carbocycles. The molecule has 0 heterocycles. The van der Waals surface area contributed by atoms with E-state index in [0.717, 1.165) is 0 Å². The second-order valence-corrected chi connectivity index (χ2v) is 1.78. The fourth-order valence-corrected chi connectivity index (χ4v) is 0.161. The molecule has 0 spiro atoms. The molecule has 14 heavy (non-hydrogen) atoms. The average molecular weight is 230 g/mol. The highest BCUT2D eigenvalue weighted by molar-refractivity contribution is 7.96. The Morgan fingerprint density at radius 3 is 1.64 bits per heavy atom. The van der Waals surface area contributed by atoms with Crippen LogP contribution in [0.1, 0.15) is 0 Å². The molecule has 0 unspecified atom stereocenters. The van der Waals surface area contributed by atoms with Gasteiger partial charge in [0, 0.05) is 0 Å². The van der Waals surface area contributed by atoms with E-state index in [4.69, 9.17) is 9.90 Å². The van der Waals surface area contributed by atoms with Gasteiger partial charge >= 0.3 is 12.1 Å². The summed E-state index contributed by atoms with van der Waals surface area (Å²) < 4.78 is 37.4. The minimum Gasteiger partial charge on any atom is -0.475 e. The summed E-state index contributed by atoms with van der Waals surface area (Å²) >= 11 is 0.456. The third-order valence-electron chi connectivity index (χ3n) is 0.399. The Morgan fingerprint density at radius 2 is 1.50 bits per heavy atom. The third-order valence-corrected chi connectivity index (χ3v) is 0.711. The maximum atomic E-state index is 10.6. The van der Waals surface area contributed by atoms with Crippen LogP contribution in [-0.4, -0.2) is 29.4 Å². The third kappa shape index (κ3) is 13.0. The van der Waals surface area contributed by atoms with Crippen molar-refractivity contribution in [2.45, 2.75) is 6.18 Å². The van der Waals surface area contributed by atoms with E-state index in [1.54, 1.807) is 0 Å². The minimum absolute atomic E-state index is 0.456. The summed E-state index contributed by atoms with van der Waals surface area (Å²) in [6, 6.07) is 0. The van der Waals surface area contributed by atoms with Gasteiger partial charge in [-0.3, -0.25) is 0 Å². The summed E-state index contributed by atoms with van der Waals surface area (Å²) in [5.41, 5.74) is 0. The molecule has 0 aliphatic heterocycles. The van der Waals surface area contributed by atoms with Crippen molar-refractivity contribution in [1.82, 2.24) is 0 Å². The molecule has 0 aliphatic rings. The highest BCUT2D eigenvalue weighted by Crippen LogP contribution is 2.13. The van der Waals surface area contributed by atoms with Gasteiger partial charge in [-0.2, -0.15) is 13.2 Å². The number of carbonyl (C=O) groups is 1. The molecule has 0 bridgehead atoms.